The number of likely N-dealkylation sites (tertiary alicyclic amines) is 1. The summed E-state index contributed by atoms with van der Waals surface area (Å²) in [5.41, 5.74) is 6.14. The third-order valence-electron chi connectivity index (χ3n) is 4.19. The molecule has 3 nitrogen and oxygen atoms in total. The monoisotopic (exact) mass is 226 g/mol. The van der Waals surface area contributed by atoms with Gasteiger partial charge in [0, 0.05) is 31.8 Å². The molecule has 0 spiro atoms. The van der Waals surface area contributed by atoms with Crippen molar-refractivity contribution in [1.82, 2.24) is 4.90 Å². The Morgan fingerprint density at radius 2 is 2.12 bits per heavy atom. The smallest absolute Gasteiger partial charge is 0.0434 e. The maximum absolute atomic E-state index is 9.05. The predicted molar refractivity (Wildman–Crippen MR) is 66.2 cm³/mol. The molecule has 1 heterocycles. The quantitative estimate of drug-likeness (QED) is 0.741. The summed E-state index contributed by atoms with van der Waals surface area (Å²) in [6, 6.07) is 1.07. The molecule has 2 rings (SSSR count). The largest absolute Gasteiger partial charge is 0.396 e. The third-order valence-corrected chi connectivity index (χ3v) is 4.19. The fourth-order valence-corrected chi connectivity index (χ4v) is 3.32. The predicted octanol–water partition coefficient (Wildman–Crippen LogP) is 1.21. The van der Waals surface area contributed by atoms with Crippen molar-refractivity contribution in [1.29, 1.82) is 0 Å². The van der Waals surface area contributed by atoms with Crippen molar-refractivity contribution >= 4 is 0 Å². The molecule has 1 aliphatic heterocycles. The summed E-state index contributed by atoms with van der Waals surface area (Å²) in [6.45, 7) is 4.83. The first-order valence-corrected chi connectivity index (χ1v) is 6.85. The molecule has 1 saturated carbocycles. The van der Waals surface area contributed by atoms with Crippen molar-refractivity contribution in [3.63, 3.8) is 0 Å². The van der Waals surface area contributed by atoms with Crippen LogP contribution in [0.4, 0.5) is 0 Å². The summed E-state index contributed by atoms with van der Waals surface area (Å²) in [4.78, 5) is 2.60. The van der Waals surface area contributed by atoms with Crippen LogP contribution in [-0.2, 0) is 0 Å². The van der Waals surface area contributed by atoms with Gasteiger partial charge in [0.15, 0.2) is 0 Å². The average molecular weight is 226 g/mol. The molecular weight excluding hydrogens is 200 g/mol. The molecule has 0 aromatic carbocycles. The van der Waals surface area contributed by atoms with Crippen LogP contribution in [0, 0.1) is 11.8 Å². The second-order valence-electron chi connectivity index (χ2n) is 5.64. The molecule has 2 fully saturated rings. The van der Waals surface area contributed by atoms with Gasteiger partial charge in [-0.25, -0.2) is 0 Å². The minimum Gasteiger partial charge on any atom is -0.396 e. The highest BCUT2D eigenvalue weighted by Crippen LogP contribution is 2.38. The van der Waals surface area contributed by atoms with Crippen LogP contribution in [0.25, 0.3) is 0 Å². The molecule has 2 aliphatic rings. The lowest BCUT2D eigenvalue weighted by Gasteiger charge is -2.41. The number of rotatable bonds is 5. The summed E-state index contributed by atoms with van der Waals surface area (Å²) in [6.07, 6.45) is 6.09. The number of piperidine rings is 1. The van der Waals surface area contributed by atoms with Gasteiger partial charge in [0.2, 0.25) is 0 Å². The lowest BCUT2D eigenvalue weighted by atomic mass is 9.90. The van der Waals surface area contributed by atoms with Crippen molar-refractivity contribution < 1.29 is 5.11 Å². The van der Waals surface area contributed by atoms with E-state index >= 15 is 0 Å². The highest BCUT2D eigenvalue weighted by molar-refractivity contribution is 4.92. The van der Waals surface area contributed by atoms with Crippen LogP contribution in [0.15, 0.2) is 0 Å². The van der Waals surface area contributed by atoms with Crippen LogP contribution in [0.5, 0.6) is 0 Å². The zero-order chi connectivity index (χ0) is 11.5. The van der Waals surface area contributed by atoms with Gasteiger partial charge >= 0.3 is 0 Å². The molecule has 3 atom stereocenters. The van der Waals surface area contributed by atoms with E-state index in [1.807, 2.05) is 0 Å². The summed E-state index contributed by atoms with van der Waals surface area (Å²) >= 11 is 0. The molecule has 3 heteroatoms. The molecule has 0 amide bonds. The molecule has 3 unspecified atom stereocenters. The zero-order valence-electron chi connectivity index (χ0n) is 10.4. The number of aliphatic hydroxyl groups is 1. The van der Waals surface area contributed by atoms with Crippen molar-refractivity contribution in [3.8, 4) is 0 Å². The highest BCUT2D eigenvalue weighted by atomic mass is 16.3. The van der Waals surface area contributed by atoms with E-state index in [1.165, 1.54) is 19.3 Å². The molecular formula is C13H26N2O. The second kappa shape index (κ2) is 5.48. The number of nitrogens with two attached hydrogens (primary N) is 1. The Labute approximate surface area is 99.0 Å². The van der Waals surface area contributed by atoms with Gasteiger partial charge in [-0.2, -0.15) is 0 Å². The van der Waals surface area contributed by atoms with E-state index in [1.54, 1.807) is 0 Å². The molecule has 1 saturated heterocycles. The minimum atomic E-state index is 0.311. The van der Waals surface area contributed by atoms with Gasteiger partial charge in [0.25, 0.3) is 0 Å². The maximum atomic E-state index is 9.05. The topological polar surface area (TPSA) is 49.5 Å². The molecule has 94 valence electrons. The number of nitrogens with zero attached hydrogens (tertiary/aromatic N) is 1. The summed E-state index contributed by atoms with van der Waals surface area (Å²) in [5.74, 6) is 1.55. The van der Waals surface area contributed by atoms with E-state index in [2.05, 4.69) is 11.8 Å². The van der Waals surface area contributed by atoms with E-state index in [0.717, 1.165) is 37.9 Å². The number of hydrogen-bond donors (Lipinski definition) is 2. The molecule has 0 radical (unpaired) electrons. The van der Waals surface area contributed by atoms with Gasteiger partial charge in [-0.15, -0.1) is 0 Å². The summed E-state index contributed by atoms with van der Waals surface area (Å²) < 4.78 is 0. The molecule has 16 heavy (non-hydrogen) atoms. The lowest BCUT2D eigenvalue weighted by Crippen LogP contribution is -2.51. The number of aliphatic hydroxyl groups excluding tert-OH is 1. The fourth-order valence-electron chi connectivity index (χ4n) is 3.32. The Balaban J connectivity index is 1.91. The van der Waals surface area contributed by atoms with Crippen molar-refractivity contribution in [2.45, 2.75) is 51.1 Å². The normalized spacial score (nSPS) is 33.9. The van der Waals surface area contributed by atoms with Gasteiger partial charge in [-0.05, 0) is 43.9 Å². The van der Waals surface area contributed by atoms with E-state index in [0.29, 0.717) is 18.6 Å². The number of hydrogen-bond acceptors (Lipinski definition) is 3. The van der Waals surface area contributed by atoms with Crippen molar-refractivity contribution in [2.75, 3.05) is 19.7 Å². The van der Waals surface area contributed by atoms with E-state index in [4.69, 9.17) is 10.8 Å². The van der Waals surface area contributed by atoms with Crippen LogP contribution in [-0.4, -0.2) is 41.8 Å². The standard InChI is InChI=1S/C13H26N2O/c1-2-13(11-3-4-11)15-8-10(5-6-16)7-12(14)9-15/h10-13,16H,2-9,14H2,1H3. The molecule has 0 bridgehead atoms. The van der Waals surface area contributed by atoms with Gasteiger partial charge in [-0.1, -0.05) is 6.92 Å². The van der Waals surface area contributed by atoms with Gasteiger partial charge in [0.1, 0.15) is 0 Å². The van der Waals surface area contributed by atoms with E-state index in [9.17, 15) is 0 Å². The van der Waals surface area contributed by atoms with E-state index < -0.39 is 0 Å². The third kappa shape index (κ3) is 2.96. The van der Waals surface area contributed by atoms with Crippen LogP contribution >= 0.6 is 0 Å². The molecule has 1 aliphatic carbocycles. The van der Waals surface area contributed by atoms with Gasteiger partial charge in [0.05, 0.1) is 0 Å². The molecule has 0 aromatic rings. The Morgan fingerprint density at radius 3 is 2.69 bits per heavy atom. The summed E-state index contributed by atoms with van der Waals surface area (Å²) in [5, 5.41) is 9.05. The molecule has 3 N–H and O–H groups in total. The van der Waals surface area contributed by atoms with Crippen LogP contribution in [0.2, 0.25) is 0 Å². The Bertz CT molecular complexity index is 218. The van der Waals surface area contributed by atoms with Crippen molar-refractivity contribution in [2.24, 2.45) is 17.6 Å². The van der Waals surface area contributed by atoms with Crippen molar-refractivity contribution in [3.05, 3.63) is 0 Å². The zero-order valence-corrected chi connectivity index (χ0v) is 10.4. The van der Waals surface area contributed by atoms with Gasteiger partial charge < -0.3 is 10.8 Å². The van der Waals surface area contributed by atoms with Crippen LogP contribution < -0.4 is 5.73 Å². The minimum absolute atomic E-state index is 0.311. The first-order chi connectivity index (χ1) is 7.74. The van der Waals surface area contributed by atoms with Gasteiger partial charge in [-0.3, -0.25) is 4.90 Å². The Morgan fingerprint density at radius 1 is 1.38 bits per heavy atom. The summed E-state index contributed by atoms with van der Waals surface area (Å²) in [7, 11) is 0. The molecule has 0 aromatic heterocycles. The fraction of sp³-hybridized carbons (Fsp3) is 1.00. The first kappa shape index (κ1) is 12.3. The second-order valence-corrected chi connectivity index (χ2v) is 5.64. The highest BCUT2D eigenvalue weighted by Gasteiger charge is 2.37. The van der Waals surface area contributed by atoms with Crippen LogP contribution in [0.3, 0.4) is 0 Å². The Kier molecular flexibility index (Phi) is 4.22. The van der Waals surface area contributed by atoms with Crippen LogP contribution in [0.1, 0.15) is 39.0 Å². The maximum Gasteiger partial charge on any atom is 0.0434 e. The SMILES string of the molecule is CCC(C1CC1)N1CC(N)CC(CCO)C1. The average Bonchev–Trinajstić information content (AvgIpc) is 3.03. The lowest BCUT2D eigenvalue weighted by molar-refractivity contribution is 0.0828. The Hall–Kier alpha value is -0.120. The first-order valence-electron chi connectivity index (χ1n) is 6.85. The van der Waals surface area contributed by atoms with E-state index in [-0.39, 0.29) is 0 Å².